The number of rotatable bonds is 5. The van der Waals surface area contributed by atoms with E-state index in [1.54, 1.807) is 37.3 Å². The molecule has 0 spiro atoms. The van der Waals surface area contributed by atoms with Gasteiger partial charge in [-0.2, -0.15) is 0 Å². The summed E-state index contributed by atoms with van der Waals surface area (Å²) in [6.45, 7) is 1.32. The summed E-state index contributed by atoms with van der Waals surface area (Å²) in [6, 6.07) is 9.54. The molecule has 1 aliphatic rings. The molecule has 0 unspecified atom stereocenters. The van der Waals surface area contributed by atoms with Crippen LogP contribution in [0.3, 0.4) is 0 Å². The van der Waals surface area contributed by atoms with Gasteiger partial charge in [0.05, 0.1) is 0 Å². The summed E-state index contributed by atoms with van der Waals surface area (Å²) in [5, 5.41) is 2.46. The zero-order valence-electron chi connectivity index (χ0n) is 14.0. The summed E-state index contributed by atoms with van der Waals surface area (Å²) >= 11 is 0. The van der Waals surface area contributed by atoms with Gasteiger partial charge in [-0.3, -0.25) is 4.79 Å². The highest BCUT2D eigenvalue weighted by molar-refractivity contribution is 5.94. The molecular formula is C19H16FNO5. The van der Waals surface area contributed by atoms with Crippen LogP contribution in [0, 0.1) is 12.7 Å². The van der Waals surface area contributed by atoms with Crippen molar-refractivity contribution >= 4 is 23.6 Å². The first-order valence-electron chi connectivity index (χ1n) is 7.82. The molecule has 0 saturated heterocycles. The Morgan fingerprint density at radius 1 is 1.19 bits per heavy atom. The highest BCUT2D eigenvalue weighted by Gasteiger charge is 2.12. The topological polar surface area (TPSA) is 73.9 Å². The van der Waals surface area contributed by atoms with E-state index in [0.29, 0.717) is 22.7 Å². The second-order valence-electron chi connectivity index (χ2n) is 5.57. The van der Waals surface area contributed by atoms with Crippen molar-refractivity contribution in [1.82, 2.24) is 0 Å². The Balaban J connectivity index is 1.48. The lowest BCUT2D eigenvalue weighted by Gasteiger charge is -2.06. The van der Waals surface area contributed by atoms with Gasteiger partial charge in [0.2, 0.25) is 6.79 Å². The zero-order valence-corrected chi connectivity index (χ0v) is 14.0. The molecule has 3 rings (SSSR count). The number of benzene rings is 2. The average molecular weight is 357 g/mol. The Morgan fingerprint density at radius 3 is 2.81 bits per heavy atom. The Hall–Kier alpha value is -3.35. The van der Waals surface area contributed by atoms with E-state index in [4.69, 9.17) is 14.2 Å². The van der Waals surface area contributed by atoms with E-state index < -0.39 is 24.3 Å². The number of hydrogen-bond acceptors (Lipinski definition) is 5. The van der Waals surface area contributed by atoms with Gasteiger partial charge in [0.1, 0.15) is 5.82 Å². The molecule has 134 valence electrons. The van der Waals surface area contributed by atoms with E-state index in [9.17, 15) is 14.0 Å². The Morgan fingerprint density at radius 2 is 2.00 bits per heavy atom. The second-order valence-corrected chi connectivity index (χ2v) is 5.57. The summed E-state index contributed by atoms with van der Waals surface area (Å²) in [5.41, 5.74) is 1.50. The lowest BCUT2D eigenvalue weighted by Crippen LogP contribution is -2.20. The minimum atomic E-state index is -0.673. The first kappa shape index (κ1) is 17.5. The van der Waals surface area contributed by atoms with Gasteiger partial charge < -0.3 is 19.5 Å². The van der Waals surface area contributed by atoms with Crippen molar-refractivity contribution in [3.63, 3.8) is 0 Å². The minimum absolute atomic E-state index is 0.171. The molecule has 0 radical (unpaired) electrons. The molecule has 2 aromatic rings. The van der Waals surface area contributed by atoms with Gasteiger partial charge in [0.25, 0.3) is 5.91 Å². The monoisotopic (exact) mass is 357 g/mol. The van der Waals surface area contributed by atoms with Crippen LogP contribution in [0.15, 0.2) is 42.5 Å². The van der Waals surface area contributed by atoms with Crippen molar-refractivity contribution in [3.8, 4) is 11.5 Å². The zero-order chi connectivity index (χ0) is 18.5. The fourth-order valence-corrected chi connectivity index (χ4v) is 2.23. The normalized spacial score (nSPS) is 12.2. The SMILES string of the molecule is Cc1ccc(NC(=O)COC(=O)/C=C/c2ccc3c(c2)OCO3)cc1F. The van der Waals surface area contributed by atoms with E-state index in [0.717, 1.165) is 5.56 Å². The van der Waals surface area contributed by atoms with E-state index in [2.05, 4.69) is 5.32 Å². The van der Waals surface area contributed by atoms with E-state index in [1.165, 1.54) is 18.2 Å². The molecule has 0 bridgehead atoms. The number of halogens is 1. The number of carbonyl (C=O) groups excluding carboxylic acids is 2. The van der Waals surface area contributed by atoms with Crippen LogP contribution in [0.25, 0.3) is 6.08 Å². The molecule has 6 nitrogen and oxygen atoms in total. The molecule has 1 amide bonds. The first-order chi connectivity index (χ1) is 12.5. The van der Waals surface area contributed by atoms with Crippen molar-refractivity contribution in [3.05, 3.63) is 59.4 Å². The molecule has 2 aromatic carbocycles. The lowest BCUT2D eigenvalue weighted by molar-refractivity contribution is -0.142. The van der Waals surface area contributed by atoms with Crippen LogP contribution in [0.1, 0.15) is 11.1 Å². The number of esters is 1. The first-order valence-corrected chi connectivity index (χ1v) is 7.82. The van der Waals surface area contributed by atoms with Gasteiger partial charge in [0.15, 0.2) is 18.1 Å². The van der Waals surface area contributed by atoms with Crippen LogP contribution in [0.5, 0.6) is 11.5 Å². The molecule has 0 fully saturated rings. The van der Waals surface area contributed by atoms with E-state index in [-0.39, 0.29) is 6.79 Å². The largest absolute Gasteiger partial charge is 0.454 e. The van der Waals surface area contributed by atoms with Gasteiger partial charge >= 0.3 is 5.97 Å². The summed E-state index contributed by atoms with van der Waals surface area (Å²) in [4.78, 5) is 23.5. The number of aryl methyl sites for hydroxylation is 1. The second kappa shape index (κ2) is 7.69. The maximum atomic E-state index is 13.4. The van der Waals surface area contributed by atoms with Gasteiger partial charge in [0, 0.05) is 11.8 Å². The molecule has 26 heavy (non-hydrogen) atoms. The summed E-state index contributed by atoms with van der Waals surface area (Å²) in [5.74, 6) is -0.406. The highest BCUT2D eigenvalue weighted by Crippen LogP contribution is 2.32. The standard InChI is InChI=1S/C19H16FNO5/c1-12-2-5-14(9-15(12)20)21-18(22)10-24-19(23)7-4-13-3-6-16-17(8-13)26-11-25-16/h2-9H,10-11H2,1H3,(H,21,22)/b7-4+. The van der Waals surface area contributed by atoms with Crippen molar-refractivity contribution in [2.24, 2.45) is 0 Å². The molecule has 0 saturated carbocycles. The van der Waals surface area contributed by atoms with Crippen LogP contribution in [0.4, 0.5) is 10.1 Å². The van der Waals surface area contributed by atoms with Crippen LogP contribution < -0.4 is 14.8 Å². The lowest BCUT2D eigenvalue weighted by atomic mass is 10.2. The summed E-state index contributed by atoms with van der Waals surface area (Å²) < 4.78 is 28.7. The Labute approximate surface area is 149 Å². The molecule has 0 aliphatic carbocycles. The van der Waals surface area contributed by atoms with Gasteiger partial charge in [-0.25, -0.2) is 9.18 Å². The number of amides is 1. The van der Waals surface area contributed by atoms with Crippen molar-refractivity contribution in [2.75, 3.05) is 18.7 Å². The number of nitrogens with one attached hydrogen (secondary N) is 1. The van der Waals surface area contributed by atoms with Crippen LogP contribution in [0.2, 0.25) is 0 Å². The predicted molar refractivity (Wildman–Crippen MR) is 92.3 cm³/mol. The van der Waals surface area contributed by atoms with E-state index >= 15 is 0 Å². The summed E-state index contributed by atoms with van der Waals surface area (Å²) in [7, 11) is 0. The maximum absolute atomic E-state index is 13.4. The minimum Gasteiger partial charge on any atom is -0.454 e. The van der Waals surface area contributed by atoms with Crippen molar-refractivity contribution < 1.29 is 28.2 Å². The fraction of sp³-hybridized carbons (Fsp3) is 0.158. The molecule has 0 aromatic heterocycles. The number of anilines is 1. The molecule has 1 aliphatic heterocycles. The number of carbonyl (C=O) groups is 2. The van der Waals surface area contributed by atoms with E-state index in [1.807, 2.05) is 0 Å². The van der Waals surface area contributed by atoms with Crippen LogP contribution >= 0.6 is 0 Å². The van der Waals surface area contributed by atoms with Crippen LogP contribution in [-0.2, 0) is 14.3 Å². The van der Waals surface area contributed by atoms with Gasteiger partial charge in [-0.05, 0) is 48.4 Å². The van der Waals surface area contributed by atoms with Gasteiger partial charge in [-0.1, -0.05) is 12.1 Å². The Kier molecular flexibility index (Phi) is 5.17. The number of fused-ring (bicyclic) bond motifs is 1. The quantitative estimate of drug-likeness (QED) is 0.658. The number of hydrogen-bond donors (Lipinski definition) is 1. The molecular weight excluding hydrogens is 341 g/mol. The third-order valence-corrected chi connectivity index (χ3v) is 3.61. The summed E-state index contributed by atoms with van der Waals surface area (Å²) in [6.07, 6.45) is 2.74. The third-order valence-electron chi connectivity index (χ3n) is 3.61. The predicted octanol–water partition coefficient (Wildman–Crippen LogP) is 3.06. The highest BCUT2D eigenvalue weighted by atomic mass is 19.1. The van der Waals surface area contributed by atoms with Crippen molar-refractivity contribution in [1.29, 1.82) is 0 Å². The van der Waals surface area contributed by atoms with Gasteiger partial charge in [-0.15, -0.1) is 0 Å². The third kappa shape index (κ3) is 4.38. The smallest absolute Gasteiger partial charge is 0.331 e. The maximum Gasteiger partial charge on any atom is 0.331 e. The van der Waals surface area contributed by atoms with Crippen molar-refractivity contribution in [2.45, 2.75) is 6.92 Å². The average Bonchev–Trinajstić information content (AvgIpc) is 3.09. The number of ether oxygens (including phenoxy) is 3. The molecule has 7 heteroatoms. The molecule has 1 N–H and O–H groups in total. The molecule has 1 heterocycles. The molecule has 0 atom stereocenters. The fourth-order valence-electron chi connectivity index (χ4n) is 2.23. The van der Waals surface area contributed by atoms with Crippen LogP contribution in [-0.4, -0.2) is 25.3 Å². The Bertz CT molecular complexity index is 878.